The highest BCUT2D eigenvalue weighted by Gasteiger charge is 2.39. The van der Waals surface area contributed by atoms with Crippen molar-refractivity contribution in [3.05, 3.63) is 23.7 Å². The summed E-state index contributed by atoms with van der Waals surface area (Å²) in [7, 11) is 1.30. The fraction of sp³-hybridized carbons (Fsp3) is 0.583. The van der Waals surface area contributed by atoms with E-state index in [-0.39, 0.29) is 10.5 Å². The van der Waals surface area contributed by atoms with E-state index >= 15 is 0 Å². The first kappa shape index (κ1) is 12.5. The number of ether oxygens (including phenoxy) is 1. The van der Waals surface area contributed by atoms with Crippen LogP contribution in [-0.2, 0) is 4.74 Å². The maximum absolute atomic E-state index is 11.2. The zero-order valence-corrected chi connectivity index (χ0v) is 10.8. The third-order valence-corrected chi connectivity index (χ3v) is 4.69. The molecule has 94 valence electrons. The Morgan fingerprint density at radius 3 is 3.00 bits per heavy atom. The molecule has 1 aromatic heterocycles. The number of thioether (sulfide) groups is 1. The molecular formula is C12H16O4S. The normalized spacial score (nSPS) is 25.8. The minimum atomic E-state index is -0.687. The van der Waals surface area contributed by atoms with Gasteiger partial charge in [-0.3, -0.25) is 0 Å². The molecule has 0 spiro atoms. The summed E-state index contributed by atoms with van der Waals surface area (Å²) in [6.45, 7) is 2.02. The van der Waals surface area contributed by atoms with Crippen molar-refractivity contribution in [3.8, 4) is 0 Å². The number of rotatable bonds is 3. The Morgan fingerprint density at radius 2 is 2.41 bits per heavy atom. The molecule has 4 nitrogen and oxygen atoms in total. The second-order valence-electron chi connectivity index (χ2n) is 4.36. The molecule has 0 amide bonds. The van der Waals surface area contributed by atoms with E-state index in [1.165, 1.54) is 13.2 Å². The van der Waals surface area contributed by atoms with Crippen molar-refractivity contribution in [1.82, 2.24) is 0 Å². The standard InChI is InChI=1S/C12H16O4S/c1-12(6-3-7-17-12)10(13)8-4-5-9(16-8)11(14)15-2/h4-5,10,13H,3,6-7H2,1-2H3. The summed E-state index contributed by atoms with van der Waals surface area (Å²) in [6, 6.07) is 3.18. The van der Waals surface area contributed by atoms with Crippen LogP contribution in [-0.4, -0.2) is 28.7 Å². The summed E-state index contributed by atoms with van der Waals surface area (Å²) in [5.74, 6) is 1.10. The number of methoxy groups -OCH3 is 1. The van der Waals surface area contributed by atoms with Gasteiger partial charge >= 0.3 is 5.97 Å². The SMILES string of the molecule is COC(=O)c1ccc(C(O)C2(C)CCCS2)o1. The molecule has 0 saturated carbocycles. The van der Waals surface area contributed by atoms with Gasteiger partial charge in [-0.15, -0.1) is 0 Å². The fourth-order valence-electron chi connectivity index (χ4n) is 2.03. The van der Waals surface area contributed by atoms with Crippen LogP contribution in [0.5, 0.6) is 0 Å². The van der Waals surface area contributed by atoms with Crippen LogP contribution in [0.4, 0.5) is 0 Å². The molecule has 0 bridgehead atoms. The van der Waals surface area contributed by atoms with Crippen LogP contribution in [0.25, 0.3) is 0 Å². The Labute approximate surface area is 104 Å². The van der Waals surface area contributed by atoms with Gasteiger partial charge in [0.1, 0.15) is 11.9 Å². The third kappa shape index (κ3) is 2.35. The Balaban J connectivity index is 2.17. The molecule has 1 saturated heterocycles. The average molecular weight is 256 g/mol. The van der Waals surface area contributed by atoms with Crippen molar-refractivity contribution in [2.45, 2.75) is 30.6 Å². The number of carbonyl (C=O) groups is 1. The molecular weight excluding hydrogens is 240 g/mol. The number of aliphatic hydroxyl groups is 1. The monoisotopic (exact) mass is 256 g/mol. The molecule has 0 aliphatic carbocycles. The fourth-order valence-corrected chi connectivity index (χ4v) is 3.35. The minimum absolute atomic E-state index is 0.133. The van der Waals surface area contributed by atoms with Gasteiger partial charge in [-0.2, -0.15) is 11.8 Å². The number of carbonyl (C=O) groups excluding carboxylic acids is 1. The summed E-state index contributed by atoms with van der Waals surface area (Å²) in [5.41, 5.74) is 0. The van der Waals surface area contributed by atoms with Gasteiger partial charge < -0.3 is 14.3 Å². The number of furan rings is 1. The molecule has 1 fully saturated rings. The van der Waals surface area contributed by atoms with E-state index in [9.17, 15) is 9.90 Å². The van der Waals surface area contributed by atoms with E-state index in [0.29, 0.717) is 5.76 Å². The molecule has 1 aliphatic rings. The predicted molar refractivity (Wildman–Crippen MR) is 65.1 cm³/mol. The quantitative estimate of drug-likeness (QED) is 0.841. The molecule has 5 heteroatoms. The van der Waals surface area contributed by atoms with Crippen LogP contribution in [0, 0.1) is 0 Å². The third-order valence-electron chi connectivity index (χ3n) is 3.11. The van der Waals surface area contributed by atoms with Crippen LogP contribution in [0.1, 0.15) is 42.2 Å². The first-order chi connectivity index (χ1) is 8.07. The zero-order chi connectivity index (χ0) is 12.5. The van der Waals surface area contributed by atoms with Gasteiger partial charge in [0.15, 0.2) is 0 Å². The maximum atomic E-state index is 11.2. The van der Waals surface area contributed by atoms with Crippen LogP contribution in [0.2, 0.25) is 0 Å². The van der Waals surface area contributed by atoms with Crippen LogP contribution in [0.15, 0.2) is 16.5 Å². The van der Waals surface area contributed by atoms with E-state index < -0.39 is 12.1 Å². The lowest BCUT2D eigenvalue weighted by atomic mass is 9.97. The molecule has 0 radical (unpaired) electrons. The average Bonchev–Trinajstić information content (AvgIpc) is 2.96. The van der Waals surface area contributed by atoms with Crippen LogP contribution >= 0.6 is 11.8 Å². The summed E-state index contributed by atoms with van der Waals surface area (Å²) < 4.78 is 9.68. The summed E-state index contributed by atoms with van der Waals surface area (Å²) in [6.07, 6.45) is 1.36. The van der Waals surface area contributed by atoms with Gasteiger partial charge in [-0.25, -0.2) is 4.79 Å². The number of esters is 1. The van der Waals surface area contributed by atoms with E-state index in [2.05, 4.69) is 4.74 Å². The largest absolute Gasteiger partial charge is 0.463 e. The van der Waals surface area contributed by atoms with Gasteiger partial charge in [0.2, 0.25) is 5.76 Å². The van der Waals surface area contributed by atoms with Gasteiger partial charge in [0.05, 0.1) is 7.11 Å². The van der Waals surface area contributed by atoms with Gasteiger partial charge in [0.25, 0.3) is 0 Å². The molecule has 2 unspecified atom stereocenters. The highest BCUT2D eigenvalue weighted by Crippen LogP contribution is 2.46. The van der Waals surface area contributed by atoms with E-state index in [4.69, 9.17) is 4.42 Å². The first-order valence-electron chi connectivity index (χ1n) is 5.57. The molecule has 2 atom stereocenters. The Kier molecular flexibility index (Phi) is 3.49. The van der Waals surface area contributed by atoms with E-state index in [0.717, 1.165) is 18.6 Å². The second kappa shape index (κ2) is 4.74. The van der Waals surface area contributed by atoms with Gasteiger partial charge in [-0.1, -0.05) is 0 Å². The summed E-state index contributed by atoms with van der Waals surface area (Å²) in [4.78, 5) is 11.2. The lowest BCUT2D eigenvalue weighted by molar-refractivity contribution is 0.0547. The highest BCUT2D eigenvalue weighted by molar-refractivity contribution is 8.00. The molecule has 0 aromatic carbocycles. The molecule has 1 aliphatic heterocycles. The van der Waals surface area contributed by atoms with Crippen LogP contribution in [0.3, 0.4) is 0 Å². The van der Waals surface area contributed by atoms with E-state index in [1.54, 1.807) is 17.8 Å². The Morgan fingerprint density at radius 1 is 1.65 bits per heavy atom. The van der Waals surface area contributed by atoms with Gasteiger partial charge in [-0.05, 0) is 37.7 Å². The number of hydrogen-bond acceptors (Lipinski definition) is 5. The lowest BCUT2D eigenvalue weighted by Gasteiger charge is -2.27. The molecule has 1 N–H and O–H groups in total. The van der Waals surface area contributed by atoms with Crippen molar-refractivity contribution < 1.29 is 19.1 Å². The topological polar surface area (TPSA) is 59.7 Å². The molecule has 17 heavy (non-hydrogen) atoms. The Bertz CT molecular complexity index is 406. The number of hydrogen-bond donors (Lipinski definition) is 1. The maximum Gasteiger partial charge on any atom is 0.373 e. The predicted octanol–water partition coefficient (Wildman–Crippen LogP) is 2.39. The van der Waals surface area contributed by atoms with Crippen molar-refractivity contribution in [2.75, 3.05) is 12.9 Å². The van der Waals surface area contributed by atoms with Crippen molar-refractivity contribution in [1.29, 1.82) is 0 Å². The highest BCUT2D eigenvalue weighted by atomic mass is 32.2. The Hall–Kier alpha value is -0.940. The molecule has 2 rings (SSSR count). The zero-order valence-electron chi connectivity index (χ0n) is 9.93. The minimum Gasteiger partial charge on any atom is -0.463 e. The smallest absolute Gasteiger partial charge is 0.373 e. The van der Waals surface area contributed by atoms with Crippen molar-refractivity contribution in [3.63, 3.8) is 0 Å². The summed E-state index contributed by atoms with van der Waals surface area (Å²) >= 11 is 1.74. The lowest BCUT2D eigenvalue weighted by Crippen LogP contribution is -2.25. The molecule has 1 aromatic rings. The van der Waals surface area contributed by atoms with Crippen molar-refractivity contribution in [2.24, 2.45) is 0 Å². The van der Waals surface area contributed by atoms with E-state index in [1.807, 2.05) is 6.92 Å². The van der Waals surface area contributed by atoms with Crippen molar-refractivity contribution >= 4 is 17.7 Å². The van der Waals surface area contributed by atoms with Gasteiger partial charge in [0, 0.05) is 4.75 Å². The van der Waals surface area contributed by atoms with Crippen LogP contribution < -0.4 is 0 Å². The first-order valence-corrected chi connectivity index (χ1v) is 6.55. The molecule has 2 heterocycles. The number of aliphatic hydroxyl groups excluding tert-OH is 1. The summed E-state index contributed by atoms with van der Waals surface area (Å²) in [5, 5.41) is 10.3. The second-order valence-corrected chi connectivity index (χ2v) is 5.99.